The summed E-state index contributed by atoms with van der Waals surface area (Å²) in [5, 5.41) is 8.09. The van der Waals surface area contributed by atoms with E-state index in [4.69, 9.17) is 17.3 Å². The van der Waals surface area contributed by atoms with Crippen LogP contribution in [0.3, 0.4) is 0 Å². The van der Waals surface area contributed by atoms with Crippen molar-refractivity contribution in [1.29, 1.82) is 0 Å². The van der Waals surface area contributed by atoms with Gasteiger partial charge in [-0.15, -0.1) is 11.3 Å². The van der Waals surface area contributed by atoms with Crippen molar-refractivity contribution in [1.82, 2.24) is 5.32 Å². The van der Waals surface area contributed by atoms with Gasteiger partial charge in [0.25, 0.3) is 11.8 Å². The maximum Gasteiger partial charge on any atom is 0.265 e. The van der Waals surface area contributed by atoms with Crippen molar-refractivity contribution >= 4 is 40.4 Å². The molecule has 2 aromatic rings. The van der Waals surface area contributed by atoms with E-state index in [9.17, 15) is 9.59 Å². The van der Waals surface area contributed by atoms with Crippen LogP contribution in [0.5, 0.6) is 0 Å². The molecule has 7 heteroatoms. The van der Waals surface area contributed by atoms with Gasteiger partial charge in [-0.3, -0.25) is 9.59 Å². The molecule has 1 aromatic carbocycles. The summed E-state index contributed by atoms with van der Waals surface area (Å²) in [6.07, 6.45) is 4.26. The predicted octanol–water partition coefficient (Wildman–Crippen LogP) is 3.90. The molecule has 0 radical (unpaired) electrons. The zero-order chi connectivity index (χ0) is 18.5. The second kappa shape index (κ2) is 8.66. The molecule has 1 fully saturated rings. The highest BCUT2D eigenvalue weighted by Crippen LogP contribution is 2.26. The predicted molar refractivity (Wildman–Crippen MR) is 106 cm³/mol. The fourth-order valence-corrected chi connectivity index (χ4v) is 4.07. The van der Waals surface area contributed by atoms with E-state index in [1.54, 1.807) is 24.3 Å². The second-order valence-corrected chi connectivity index (χ2v) is 7.84. The van der Waals surface area contributed by atoms with Gasteiger partial charge < -0.3 is 16.4 Å². The Labute approximate surface area is 161 Å². The van der Waals surface area contributed by atoms with Crippen LogP contribution >= 0.6 is 22.9 Å². The third-order valence-corrected chi connectivity index (χ3v) is 5.95. The first-order valence-corrected chi connectivity index (χ1v) is 9.99. The highest BCUT2D eigenvalue weighted by molar-refractivity contribution is 7.12. The van der Waals surface area contributed by atoms with Crippen LogP contribution in [0, 0.1) is 5.92 Å². The molecule has 5 nitrogen and oxygen atoms in total. The Balaban J connectivity index is 1.72. The smallest absolute Gasteiger partial charge is 0.265 e. The Morgan fingerprint density at radius 3 is 2.73 bits per heavy atom. The Hall–Kier alpha value is -1.89. The van der Waals surface area contributed by atoms with E-state index in [0.29, 0.717) is 33.6 Å². The van der Waals surface area contributed by atoms with E-state index in [0.717, 1.165) is 25.7 Å². The van der Waals surface area contributed by atoms with E-state index in [2.05, 4.69) is 10.6 Å². The van der Waals surface area contributed by atoms with Crippen molar-refractivity contribution in [2.24, 2.45) is 11.7 Å². The number of carbonyl (C=O) groups excluding carboxylic acids is 2. The molecule has 1 aliphatic carbocycles. The van der Waals surface area contributed by atoms with Crippen molar-refractivity contribution in [3.8, 4) is 0 Å². The van der Waals surface area contributed by atoms with Crippen molar-refractivity contribution in [2.75, 3.05) is 11.9 Å². The largest absolute Gasteiger partial charge is 0.349 e. The summed E-state index contributed by atoms with van der Waals surface area (Å²) >= 11 is 7.53. The highest BCUT2D eigenvalue weighted by Gasteiger charge is 2.26. The van der Waals surface area contributed by atoms with E-state index in [-0.39, 0.29) is 17.9 Å². The van der Waals surface area contributed by atoms with Gasteiger partial charge in [-0.05, 0) is 54.9 Å². The summed E-state index contributed by atoms with van der Waals surface area (Å²) in [4.78, 5) is 25.5. The van der Waals surface area contributed by atoms with Crippen LogP contribution in [0.4, 0.5) is 5.69 Å². The highest BCUT2D eigenvalue weighted by atomic mass is 35.5. The molecule has 0 spiro atoms. The third kappa shape index (κ3) is 4.44. The lowest BCUT2D eigenvalue weighted by molar-refractivity contribution is 0.0907. The number of anilines is 1. The van der Waals surface area contributed by atoms with Gasteiger partial charge in [0, 0.05) is 11.6 Å². The first-order valence-electron chi connectivity index (χ1n) is 8.74. The fourth-order valence-electron chi connectivity index (χ4n) is 3.29. The van der Waals surface area contributed by atoms with E-state index in [1.807, 2.05) is 11.4 Å². The van der Waals surface area contributed by atoms with Gasteiger partial charge in [0.1, 0.15) is 0 Å². The monoisotopic (exact) mass is 391 g/mol. The average molecular weight is 392 g/mol. The van der Waals surface area contributed by atoms with Gasteiger partial charge >= 0.3 is 0 Å². The molecule has 4 N–H and O–H groups in total. The lowest BCUT2D eigenvalue weighted by atomic mass is 9.84. The standard InChI is InChI=1S/C19H22ClN3O2S/c20-14-8-7-12(10-16(14)23-19(25)17-6-3-9-26-17)18(24)22-15-5-2-1-4-13(15)11-21/h3,6-10,13,15H,1-2,4-5,11,21H2,(H,22,24)(H,23,25). The molecule has 2 atom stereocenters. The van der Waals surface area contributed by atoms with Gasteiger partial charge in [-0.1, -0.05) is 30.5 Å². The molecule has 1 aromatic heterocycles. The SMILES string of the molecule is NCC1CCCCC1NC(=O)c1ccc(Cl)c(NC(=O)c2cccs2)c1. The molecular weight excluding hydrogens is 370 g/mol. The van der Waals surface area contributed by atoms with Crippen LogP contribution in [-0.2, 0) is 0 Å². The zero-order valence-corrected chi connectivity index (χ0v) is 15.9. The van der Waals surface area contributed by atoms with Gasteiger partial charge in [0.05, 0.1) is 15.6 Å². The molecule has 2 amide bonds. The molecular formula is C19H22ClN3O2S. The topological polar surface area (TPSA) is 84.2 Å². The number of carbonyl (C=O) groups is 2. The summed E-state index contributed by atoms with van der Waals surface area (Å²) in [7, 11) is 0. The summed E-state index contributed by atoms with van der Waals surface area (Å²) in [6, 6.07) is 8.55. The number of nitrogens with one attached hydrogen (secondary N) is 2. The molecule has 1 aliphatic rings. The quantitative estimate of drug-likeness (QED) is 0.722. The molecule has 1 saturated carbocycles. The van der Waals surface area contributed by atoms with Gasteiger partial charge in [0.15, 0.2) is 0 Å². The summed E-state index contributed by atoms with van der Waals surface area (Å²) in [5.41, 5.74) is 6.74. The number of hydrogen-bond donors (Lipinski definition) is 3. The Morgan fingerprint density at radius 1 is 1.19 bits per heavy atom. The Bertz CT molecular complexity index is 779. The molecule has 0 aliphatic heterocycles. The molecule has 3 rings (SSSR count). The lowest BCUT2D eigenvalue weighted by Gasteiger charge is -2.31. The minimum atomic E-state index is -0.241. The number of nitrogens with two attached hydrogens (primary N) is 1. The molecule has 0 bridgehead atoms. The average Bonchev–Trinajstić information content (AvgIpc) is 3.18. The van der Waals surface area contributed by atoms with Crippen LogP contribution in [0.15, 0.2) is 35.7 Å². The minimum absolute atomic E-state index is 0.0982. The van der Waals surface area contributed by atoms with Gasteiger partial charge in [-0.25, -0.2) is 0 Å². The van der Waals surface area contributed by atoms with E-state index >= 15 is 0 Å². The van der Waals surface area contributed by atoms with E-state index in [1.165, 1.54) is 11.3 Å². The Kier molecular flexibility index (Phi) is 6.29. The van der Waals surface area contributed by atoms with Crippen molar-refractivity contribution < 1.29 is 9.59 Å². The number of benzene rings is 1. The molecule has 0 saturated heterocycles. The maximum atomic E-state index is 12.6. The summed E-state index contributed by atoms with van der Waals surface area (Å²) in [5.74, 6) is -0.0911. The van der Waals surface area contributed by atoms with Crippen molar-refractivity contribution in [3.63, 3.8) is 0 Å². The summed E-state index contributed by atoms with van der Waals surface area (Å²) in [6.45, 7) is 0.577. The minimum Gasteiger partial charge on any atom is -0.349 e. The van der Waals surface area contributed by atoms with Crippen molar-refractivity contribution in [2.45, 2.75) is 31.7 Å². The van der Waals surface area contributed by atoms with Gasteiger partial charge in [-0.2, -0.15) is 0 Å². The summed E-state index contributed by atoms with van der Waals surface area (Å²) < 4.78 is 0. The third-order valence-electron chi connectivity index (χ3n) is 4.75. The molecule has 26 heavy (non-hydrogen) atoms. The number of amides is 2. The van der Waals surface area contributed by atoms with Crippen LogP contribution in [-0.4, -0.2) is 24.4 Å². The number of rotatable bonds is 5. The number of thiophene rings is 1. The van der Waals surface area contributed by atoms with Crippen LogP contribution in [0.25, 0.3) is 0 Å². The Morgan fingerprint density at radius 2 is 2.00 bits per heavy atom. The van der Waals surface area contributed by atoms with Gasteiger partial charge in [0.2, 0.25) is 0 Å². The fraction of sp³-hybridized carbons (Fsp3) is 0.368. The number of halogens is 1. The second-order valence-electron chi connectivity index (χ2n) is 6.49. The zero-order valence-electron chi connectivity index (χ0n) is 14.3. The van der Waals surface area contributed by atoms with Crippen LogP contribution in [0.2, 0.25) is 5.02 Å². The lowest BCUT2D eigenvalue weighted by Crippen LogP contribution is -2.44. The normalized spacial score (nSPS) is 19.8. The maximum absolute atomic E-state index is 12.6. The molecule has 138 valence electrons. The first-order chi connectivity index (χ1) is 12.6. The number of hydrogen-bond acceptors (Lipinski definition) is 4. The van der Waals surface area contributed by atoms with E-state index < -0.39 is 0 Å². The first kappa shape index (κ1) is 18.9. The van der Waals surface area contributed by atoms with Crippen LogP contribution in [0.1, 0.15) is 45.7 Å². The molecule has 2 unspecified atom stereocenters. The molecule has 1 heterocycles. The van der Waals surface area contributed by atoms with Crippen LogP contribution < -0.4 is 16.4 Å². The van der Waals surface area contributed by atoms with Crippen molar-refractivity contribution in [3.05, 3.63) is 51.2 Å².